The molecule has 19 heavy (non-hydrogen) atoms. The van der Waals surface area contributed by atoms with Crippen molar-refractivity contribution in [2.45, 2.75) is 34.2 Å². The van der Waals surface area contributed by atoms with Crippen molar-refractivity contribution in [3.8, 4) is 0 Å². The summed E-state index contributed by atoms with van der Waals surface area (Å²) in [6.07, 6.45) is 0. The SMILES string of the molecule is CC(C)C(C)(C)Cn1c(N)nc2cc(I)c(F)cc21. The zero-order valence-electron chi connectivity index (χ0n) is 11.7. The number of nitrogen functional groups attached to an aromatic ring is 1. The molecule has 0 fully saturated rings. The first kappa shape index (κ1) is 14.6. The summed E-state index contributed by atoms with van der Waals surface area (Å²) >= 11 is 1.97. The van der Waals surface area contributed by atoms with Gasteiger partial charge in [-0.15, -0.1) is 0 Å². The van der Waals surface area contributed by atoms with Gasteiger partial charge in [0.1, 0.15) is 5.82 Å². The predicted molar refractivity (Wildman–Crippen MR) is 85.4 cm³/mol. The number of aromatic nitrogens is 2. The average molecular weight is 375 g/mol. The first-order valence-electron chi connectivity index (χ1n) is 6.33. The Kier molecular flexibility index (Phi) is 3.77. The Balaban J connectivity index is 2.54. The predicted octanol–water partition coefficient (Wildman–Crippen LogP) is 4.04. The molecule has 0 saturated carbocycles. The van der Waals surface area contributed by atoms with Crippen LogP contribution in [-0.4, -0.2) is 9.55 Å². The number of imidazole rings is 1. The lowest BCUT2D eigenvalue weighted by Gasteiger charge is -2.30. The minimum absolute atomic E-state index is 0.0707. The van der Waals surface area contributed by atoms with E-state index in [1.54, 1.807) is 6.07 Å². The molecule has 0 bridgehead atoms. The molecule has 3 nitrogen and oxygen atoms in total. The van der Waals surface area contributed by atoms with E-state index in [4.69, 9.17) is 5.73 Å². The van der Waals surface area contributed by atoms with Crippen molar-refractivity contribution in [1.82, 2.24) is 9.55 Å². The van der Waals surface area contributed by atoms with Gasteiger partial charge in [-0.1, -0.05) is 27.7 Å². The summed E-state index contributed by atoms with van der Waals surface area (Å²) in [5.41, 5.74) is 7.58. The number of fused-ring (bicyclic) bond motifs is 1. The van der Waals surface area contributed by atoms with Crippen LogP contribution >= 0.6 is 22.6 Å². The number of rotatable bonds is 3. The van der Waals surface area contributed by atoms with Crippen LogP contribution in [0.25, 0.3) is 11.0 Å². The number of hydrogen-bond donors (Lipinski definition) is 1. The smallest absolute Gasteiger partial charge is 0.201 e. The highest BCUT2D eigenvalue weighted by molar-refractivity contribution is 14.1. The molecule has 0 amide bonds. The molecule has 5 heteroatoms. The molecule has 2 N–H and O–H groups in total. The molecule has 0 unspecified atom stereocenters. The monoisotopic (exact) mass is 375 g/mol. The van der Waals surface area contributed by atoms with Gasteiger partial charge in [0, 0.05) is 12.6 Å². The van der Waals surface area contributed by atoms with Crippen LogP contribution in [0.1, 0.15) is 27.7 Å². The van der Waals surface area contributed by atoms with Crippen LogP contribution in [0.2, 0.25) is 0 Å². The van der Waals surface area contributed by atoms with Gasteiger partial charge in [-0.2, -0.15) is 0 Å². The Morgan fingerprint density at radius 2 is 2.05 bits per heavy atom. The van der Waals surface area contributed by atoms with Crippen LogP contribution in [0, 0.1) is 20.7 Å². The molecule has 0 aliphatic rings. The fraction of sp³-hybridized carbons (Fsp3) is 0.500. The molecular formula is C14H19FIN3. The molecule has 0 aliphatic carbocycles. The van der Waals surface area contributed by atoms with Crippen molar-refractivity contribution in [2.24, 2.45) is 11.3 Å². The van der Waals surface area contributed by atoms with Crippen LogP contribution in [0.15, 0.2) is 12.1 Å². The van der Waals surface area contributed by atoms with E-state index in [1.807, 2.05) is 27.2 Å². The lowest BCUT2D eigenvalue weighted by molar-refractivity contribution is 0.214. The highest BCUT2D eigenvalue weighted by Crippen LogP contribution is 2.32. The number of halogens is 2. The van der Waals surface area contributed by atoms with Crippen molar-refractivity contribution in [1.29, 1.82) is 0 Å². The Bertz CT molecular complexity index is 617. The van der Waals surface area contributed by atoms with Crippen molar-refractivity contribution < 1.29 is 4.39 Å². The third-order valence-electron chi connectivity index (χ3n) is 3.95. The fourth-order valence-electron chi connectivity index (χ4n) is 1.90. The number of nitrogens with two attached hydrogens (primary N) is 1. The quantitative estimate of drug-likeness (QED) is 0.823. The summed E-state index contributed by atoms with van der Waals surface area (Å²) in [6, 6.07) is 3.26. The summed E-state index contributed by atoms with van der Waals surface area (Å²) in [5, 5.41) is 0. The summed E-state index contributed by atoms with van der Waals surface area (Å²) in [5.74, 6) is 0.722. The van der Waals surface area contributed by atoms with Gasteiger partial charge < -0.3 is 10.3 Å². The summed E-state index contributed by atoms with van der Waals surface area (Å²) in [7, 11) is 0. The highest BCUT2D eigenvalue weighted by Gasteiger charge is 2.25. The molecule has 104 valence electrons. The Morgan fingerprint density at radius 1 is 1.42 bits per heavy atom. The van der Waals surface area contributed by atoms with Crippen LogP contribution in [0.3, 0.4) is 0 Å². The summed E-state index contributed by atoms with van der Waals surface area (Å²) in [6.45, 7) is 9.46. The Hall–Kier alpha value is -0.850. The second-order valence-electron chi connectivity index (χ2n) is 5.95. The Labute approximate surface area is 126 Å². The molecule has 0 atom stereocenters. The standard InChI is InChI=1S/C14H19FIN3/c1-8(2)14(3,4)7-19-12-5-9(15)10(16)6-11(12)18-13(19)17/h5-6,8H,7H2,1-4H3,(H2,17,18). The maximum atomic E-state index is 13.7. The van der Waals surface area contributed by atoms with E-state index in [0.29, 0.717) is 15.4 Å². The molecule has 1 aromatic carbocycles. The van der Waals surface area contributed by atoms with E-state index >= 15 is 0 Å². The maximum Gasteiger partial charge on any atom is 0.201 e. The number of benzene rings is 1. The zero-order valence-corrected chi connectivity index (χ0v) is 13.8. The molecule has 0 radical (unpaired) electrons. The van der Waals surface area contributed by atoms with E-state index in [9.17, 15) is 4.39 Å². The van der Waals surface area contributed by atoms with Gasteiger partial charge >= 0.3 is 0 Å². The third kappa shape index (κ3) is 2.70. The average Bonchev–Trinajstić information content (AvgIpc) is 2.56. The normalized spacial score (nSPS) is 12.6. The lowest BCUT2D eigenvalue weighted by atomic mass is 9.81. The fourth-order valence-corrected chi connectivity index (χ4v) is 2.35. The van der Waals surface area contributed by atoms with E-state index in [1.165, 1.54) is 6.07 Å². The minimum atomic E-state index is -0.225. The Morgan fingerprint density at radius 3 is 2.63 bits per heavy atom. The topological polar surface area (TPSA) is 43.8 Å². The van der Waals surface area contributed by atoms with E-state index in [0.717, 1.165) is 17.6 Å². The first-order chi connectivity index (χ1) is 8.72. The first-order valence-corrected chi connectivity index (χ1v) is 7.41. The van der Waals surface area contributed by atoms with E-state index in [2.05, 4.69) is 32.7 Å². The molecule has 0 aliphatic heterocycles. The highest BCUT2D eigenvalue weighted by atomic mass is 127. The lowest BCUT2D eigenvalue weighted by Crippen LogP contribution is -2.26. The van der Waals surface area contributed by atoms with Crippen molar-refractivity contribution in [2.75, 3.05) is 5.73 Å². The molecule has 0 saturated heterocycles. The molecule has 0 spiro atoms. The number of hydrogen-bond acceptors (Lipinski definition) is 2. The zero-order chi connectivity index (χ0) is 14.4. The van der Waals surface area contributed by atoms with Crippen LogP contribution in [-0.2, 0) is 6.54 Å². The van der Waals surface area contributed by atoms with E-state index < -0.39 is 0 Å². The van der Waals surface area contributed by atoms with Gasteiger partial charge in [-0.25, -0.2) is 9.37 Å². The van der Waals surface area contributed by atoms with Gasteiger partial charge in [0.25, 0.3) is 0 Å². The second kappa shape index (κ2) is 4.92. The summed E-state index contributed by atoms with van der Waals surface area (Å²) in [4.78, 5) is 4.33. The van der Waals surface area contributed by atoms with Crippen LogP contribution < -0.4 is 5.73 Å². The molecule has 1 heterocycles. The van der Waals surface area contributed by atoms with Gasteiger partial charge in [0.05, 0.1) is 14.6 Å². The third-order valence-corrected chi connectivity index (χ3v) is 4.78. The van der Waals surface area contributed by atoms with E-state index in [-0.39, 0.29) is 11.2 Å². The number of anilines is 1. The van der Waals surface area contributed by atoms with Gasteiger partial charge in [0.2, 0.25) is 5.95 Å². The van der Waals surface area contributed by atoms with Crippen LogP contribution in [0.4, 0.5) is 10.3 Å². The molecular weight excluding hydrogens is 356 g/mol. The van der Waals surface area contributed by atoms with Crippen molar-refractivity contribution in [3.63, 3.8) is 0 Å². The molecule has 1 aromatic heterocycles. The molecule has 2 rings (SSSR count). The number of nitrogens with zero attached hydrogens (tertiary/aromatic N) is 2. The summed E-state index contributed by atoms with van der Waals surface area (Å²) < 4.78 is 16.2. The van der Waals surface area contributed by atoms with Gasteiger partial charge in [-0.3, -0.25) is 0 Å². The van der Waals surface area contributed by atoms with Crippen molar-refractivity contribution >= 4 is 39.6 Å². The maximum absolute atomic E-state index is 13.7. The van der Waals surface area contributed by atoms with Crippen molar-refractivity contribution in [3.05, 3.63) is 21.5 Å². The second-order valence-corrected chi connectivity index (χ2v) is 7.12. The molecule has 2 aromatic rings. The van der Waals surface area contributed by atoms with Gasteiger partial charge in [0.15, 0.2) is 0 Å². The van der Waals surface area contributed by atoms with Gasteiger partial charge in [-0.05, 0) is 40.0 Å². The van der Waals surface area contributed by atoms with Crippen LogP contribution in [0.5, 0.6) is 0 Å². The minimum Gasteiger partial charge on any atom is -0.369 e. The largest absolute Gasteiger partial charge is 0.369 e.